The molecule has 0 fully saturated rings. The lowest BCUT2D eigenvalue weighted by Gasteiger charge is -2.09. The average molecular weight is 358 g/mol. The fraction of sp³-hybridized carbons (Fsp3) is 0.167. The van der Waals surface area contributed by atoms with Crippen molar-refractivity contribution in [2.75, 3.05) is 6.61 Å². The molecule has 0 amide bonds. The summed E-state index contributed by atoms with van der Waals surface area (Å²) in [5.74, 6) is 1.43. The number of aromatic nitrogens is 2. The third kappa shape index (κ3) is 3.04. The van der Waals surface area contributed by atoms with Crippen molar-refractivity contribution in [3.8, 4) is 17.1 Å². The van der Waals surface area contributed by atoms with Gasteiger partial charge in [0.25, 0.3) is 0 Å². The van der Waals surface area contributed by atoms with Crippen molar-refractivity contribution in [1.82, 2.24) is 9.97 Å². The lowest BCUT2D eigenvalue weighted by molar-refractivity contribution is 0.341. The van der Waals surface area contributed by atoms with Crippen LogP contribution in [0.2, 0.25) is 0 Å². The Morgan fingerprint density at radius 1 is 1.12 bits per heavy atom. The summed E-state index contributed by atoms with van der Waals surface area (Å²) in [5.41, 5.74) is 0.886. The predicted molar refractivity (Wildman–Crippen MR) is 74.0 cm³/mol. The Kier molecular flexibility index (Phi) is 4.12. The first-order chi connectivity index (χ1) is 8.20. The zero-order valence-corrected chi connectivity index (χ0v) is 12.3. The third-order valence-electron chi connectivity index (χ3n) is 2.09. The van der Waals surface area contributed by atoms with E-state index >= 15 is 0 Å². The van der Waals surface area contributed by atoms with Crippen LogP contribution in [0, 0.1) is 0 Å². The van der Waals surface area contributed by atoms with Crippen molar-refractivity contribution in [3.05, 3.63) is 39.5 Å². The molecule has 0 radical (unpaired) electrons. The van der Waals surface area contributed by atoms with Crippen LogP contribution in [0.3, 0.4) is 0 Å². The second-order valence-electron chi connectivity index (χ2n) is 3.27. The Morgan fingerprint density at radius 3 is 2.41 bits per heavy atom. The molecule has 0 aliphatic heterocycles. The van der Waals surface area contributed by atoms with E-state index in [2.05, 4.69) is 41.8 Å². The molecule has 2 aromatic rings. The molecule has 17 heavy (non-hydrogen) atoms. The fourth-order valence-electron chi connectivity index (χ4n) is 1.44. The van der Waals surface area contributed by atoms with E-state index in [0.717, 1.165) is 20.5 Å². The molecule has 0 aliphatic rings. The maximum absolute atomic E-state index is 5.56. The van der Waals surface area contributed by atoms with E-state index in [-0.39, 0.29) is 0 Å². The van der Waals surface area contributed by atoms with Gasteiger partial charge in [-0.05, 0) is 50.9 Å². The molecule has 0 spiro atoms. The molecule has 0 unspecified atom stereocenters. The molecule has 88 valence electrons. The minimum Gasteiger partial charge on any atom is -0.493 e. The largest absolute Gasteiger partial charge is 0.493 e. The first kappa shape index (κ1) is 12.5. The average Bonchev–Trinajstić information content (AvgIpc) is 2.29. The van der Waals surface area contributed by atoms with Crippen molar-refractivity contribution in [2.24, 2.45) is 0 Å². The summed E-state index contributed by atoms with van der Waals surface area (Å²) < 4.78 is 7.03. The Morgan fingerprint density at radius 2 is 1.76 bits per heavy atom. The topological polar surface area (TPSA) is 35.0 Å². The minimum absolute atomic E-state index is 0.617. The van der Waals surface area contributed by atoms with Crippen LogP contribution in [0.4, 0.5) is 0 Å². The number of hydrogen-bond donors (Lipinski definition) is 0. The molecule has 5 heteroatoms. The zero-order valence-electron chi connectivity index (χ0n) is 9.15. The Bertz CT molecular complexity index is 511. The molecule has 1 heterocycles. The predicted octanol–water partition coefficient (Wildman–Crippen LogP) is 4.07. The number of para-hydroxylation sites is 1. The van der Waals surface area contributed by atoms with Gasteiger partial charge in [0.2, 0.25) is 0 Å². The van der Waals surface area contributed by atoms with Gasteiger partial charge in [0, 0.05) is 6.07 Å². The van der Waals surface area contributed by atoms with Gasteiger partial charge in [0.1, 0.15) is 15.0 Å². The summed E-state index contributed by atoms with van der Waals surface area (Å²) in [6.07, 6.45) is 0. The van der Waals surface area contributed by atoms with Crippen molar-refractivity contribution < 1.29 is 4.74 Å². The van der Waals surface area contributed by atoms with E-state index in [1.54, 1.807) is 6.07 Å². The second kappa shape index (κ2) is 5.60. The SMILES string of the molecule is CCOc1ccccc1-c1nc(Br)cc(Br)n1. The highest BCUT2D eigenvalue weighted by atomic mass is 79.9. The Labute approximate surface area is 117 Å². The molecule has 0 saturated heterocycles. The highest BCUT2D eigenvalue weighted by Crippen LogP contribution is 2.29. The molecule has 2 rings (SSSR count). The van der Waals surface area contributed by atoms with Gasteiger partial charge in [0.05, 0.1) is 12.2 Å². The zero-order chi connectivity index (χ0) is 12.3. The van der Waals surface area contributed by atoms with Crippen LogP contribution < -0.4 is 4.74 Å². The molecule has 3 nitrogen and oxygen atoms in total. The monoisotopic (exact) mass is 356 g/mol. The lowest BCUT2D eigenvalue weighted by Crippen LogP contribution is -1.97. The van der Waals surface area contributed by atoms with Crippen LogP contribution in [-0.4, -0.2) is 16.6 Å². The first-order valence-electron chi connectivity index (χ1n) is 5.13. The van der Waals surface area contributed by atoms with Crippen LogP contribution in [0.5, 0.6) is 5.75 Å². The second-order valence-corrected chi connectivity index (χ2v) is 4.89. The normalized spacial score (nSPS) is 10.3. The number of nitrogens with zero attached hydrogens (tertiary/aromatic N) is 2. The highest BCUT2D eigenvalue weighted by Gasteiger charge is 2.09. The molecule has 0 aliphatic carbocycles. The number of hydrogen-bond acceptors (Lipinski definition) is 3. The molecular weight excluding hydrogens is 348 g/mol. The van der Waals surface area contributed by atoms with Crippen molar-refractivity contribution in [3.63, 3.8) is 0 Å². The van der Waals surface area contributed by atoms with Crippen LogP contribution in [0.25, 0.3) is 11.4 Å². The molecule has 1 aromatic carbocycles. The van der Waals surface area contributed by atoms with Gasteiger partial charge in [-0.3, -0.25) is 0 Å². The van der Waals surface area contributed by atoms with Crippen molar-refractivity contribution in [2.45, 2.75) is 6.92 Å². The number of rotatable bonds is 3. The number of benzene rings is 1. The Balaban J connectivity index is 2.51. The van der Waals surface area contributed by atoms with E-state index in [4.69, 9.17) is 4.74 Å². The van der Waals surface area contributed by atoms with Gasteiger partial charge >= 0.3 is 0 Å². The van der Waals surface area contributed by atoms with E-state index in [1.165, 1.54) is 0 Å². The van der Waals surface area contributed by atoms with Gasteiger partial charge in [-0.25, -0.2) is 9.97 Å². The summed E-state index contributed by atoms with van der Waals surface area (Å²) in [4.78, 5) is 8.69. The fourth-order valence-corrected chi connectivity index (χ4v) is 2.52. The third-order valence-corrected chi connectivity index (χ3v) is 2.90. The van der Waals surface area contributed by atoms with Gasteiger partial charge in [-0.15, -0.1) is 0 Å². The molecule has 0 N–H and O–H groups in total. The molecule has 1 aromatic heterocycles. The summed E-state index contributed by atoms with van der Waals surface area (Å²) in [6.45, 7) is 2.57. The summed E-state index contributed by atoms with van der Waals surface area (Å²) in [7, 11) is 0. The molecule has 0 saturated carbocycles. The summed E-state index contributed by atoms with van der Waals surface area (Å²) in [6, 6.07) is 9.53. The highest BCUT2D eigenvalue weighted by molar-refractivity contribution is 9.11. The Hall–Kier alpha value is -0.940. The van der Waals surface area contributed by atoms with E-state index < -0.39 is 0 Å². The van der Waals surface area contributed by atoms with Crippen LogP contribution in [-0.2, 0) is 0 Å². The van der Waals surface area contributed by atoms with Gasteiger partial charge in [0.15, 0.2) is 5.82 Å². The lowest BCUT2D eigenvalue weighted by atomic mass is 10.2. The maximum atomic E-state index is 5.56. The summed E-state index contributed by atoms with van der Waals surface area (Å²) >= 11 is 6.70. The minimum atomic E-state index is 0.617. The van der Waals surface area contributed by atoms with Crippen LogP contribution in [0.1, 0.15) is 6.92 Å². The van der Waals surface area contributed by atoms with Gasteiger partial charge < -0.3 is 4.74 Å². The van der Waals surface area contributed by atoms with Gasteiger partial charge in [-0.1, -0.05) is 12.1 Å². The van der Waals surface area contributed by atoms with Gasteiger partial charge in [-0.2, -0.15) is 0 Å². The quantitative estimate of drug-likeness (QED) is 0.776. The number of halogens is 2. The van der Waals surface area contributed by atoms with Crippen molar-refractivity contribution in [1.29, 1.82) is 0 Å². The smallest absolute Gasteiger partial charge is 0.165 e. The molecule has 0 atom stereocenters. The maximum Gasteiger partial charge on any atom is 0.165 e. The molecular formula is C12H10Br2N2O. The van der Waals surface area contributed by atoms with E-state index in [9.17, 15) is 0 Å². The standard InChI is InChI=1S/C12H10Br2N2O/c1-2-17-9-6-4-3-5-8(9)12-15-10(13)7-11(14)16-12/h3-7H,2H2,1H3. The molecule has 0 bridgehead atoms. The van der Waals surface area contributed by atoms with Crippen molar-refractivity contribution >= 4 is 31.9 Å². The summed E-state index contributed by atoms with van der Waals surface area (Å²) in [5, 5.41) is 0. The van der Waals surface area contributed by atoms with Crippen LogP contribution in [0.15, 0.2) is 39.5 Å². The van der Waals surface area contributed by atoms with Crippen LogP contribution >= 0.6 is 31.9 Å². The first-order valence-corrected chi connectivity index (χ1v) is 6.71. The van der Waals surface area contributed by atoms with E-state index in [1.807, 2.05) is 31.2 Å². The van der Waals surface area contributed by atoms with E-state index in [0.29, 0.717) is 12.4 Å². The number of ether oxygens (including phenoxy) is 1.